The molecule has 0 saturated heterocycles. The van der Waals surface area contributed by atoms with Crippen molar-refractivity contribution in [2.45, 2.75) is 26.2 Å². The molecule has 346 valence electrons. The first-order valence-corrected chi connectivity index (χ1v) is 25.5. The molecule has 0 aliphatic carbocycles. The van der Waals surface area contributed by atoms with Gasteiger partial charge < -0.3 is 0 Å². The van der Waals surface area contributed by atoms with E-state index in [1.165, 1.54) is 44.5 Å². The second-order valence-electron chi connectivity index (χ2n) is 19.7. The van der Waals surface area contributed by atoms with E-state index < -0.39 is 0 Å². The van der Waals surface area contributed by atoms with Gasteiger partial charge in [-0.15, -0.1) is 6.07 Å². The van der Waals surface area contributed by atoms with E-state index in [2.05, 4.69) is 259 Å². The Balaban J connectivity index is 0.914. The Bertz CT molecular complexity index is 4060. The molecule has 0 unspecified atom stereocenters. The number of para-hydroxylation sites is 4. The van der Waals surface area contributed by atoms with Crippen LogP contribution in [0, 0.1) is 15.9 Å². The van der Waals surface area contributed by atoms with Gasteiger partial charge in [0, 0.05) is 11.3 Å². The topological polar surface area (TPSA) is 38.5 Å². The second kappa shape index (κ2) is 16.4. The van der Waals surface area contributed by atoms with E-state index in [1.807, 2.05) is 24.3 Å². The number of hydrogen-bond acceptors (Lipinski definition) is 4. The summed E-state index contributed by atoms with van der Waals surface area (Å²) in [5, 5.41) is 0. The molecule has 0 radical (unpaired) electrons. The molecule has 0 spiro atoms. The molecular weight excluding hydrogens is 1060 g/mol. The van der Waals surface area contributed by atoms with Crippen molar-refractivity contribution in [2.24, 2.45) is 0 Å². The maximum atomic E-state index is 6.80. The molecule has 11 aromatic rings. The van der Waals surface area contributed by atoms with Gasteiger partial charge in [-0.25, -0.2) is 0 Å². The first-order valence-electron chi connectivity index (χ1n) is 24.4. The zero-order chi connectivity index (χ0) is 48.2. The molecule has 0 amide bonds. The number of pyridine rings is 1. The van der Waals surface area contributed by atoms with Crippen LogP contribution < -0.4 is 19.8 Å². The predicted octanol–water partition coefficient (Wildman–Crippen LogP) is 15.2. The number of aromatic nitrogens is 3. The molecule has 3 aliphatic rings. The quantitative estimate of drug-likeness (QED) is 0.118. The third-order valence-corrected chi connectivity index (χ3v) is 15.5. The standard InChI is InChI=1S/C64H44BN5O.Pt/c1-64(2,3)46-38-53(43-21-8-5-9-22-43)62(54(39-46)45-24-16-23-44(37-45)42-19-6-4-7-20-42)68-41-67(56-31-12-13-32-57(56)68)47-25-17-26-48(40-47)71-60-36-35-52-51-29-18-28-50-49-27-10-11-30-55(49)69-58-33-14-15-34-59(58)70(63(52)66-60)65(69)61(50)51;/h4-33,35-39H,1-3H3;/q-2;. The van der Waals surface area contributed by atoms with E-state index in [-0.39, 0.29) is 12.4 Å². The molecule has 72 heavy (non-hydrogen) atoms. The molecule has 14 rings (SSSR count). The van der Waals surface area contributed by atoms with Gasteiger partial charge in [0.2, 0.25) is 0 Å². The van der Waals surface area contributed by atoms with E-state index in [0.717, 1.165) is 71.2 Å². The third-order valence-electron chi connectivity index (χ3n) is 14.5. The van der Waals surface area contributed by atoms with Crippen molar-refractivity contribution in [1.29, 1.82) is 0 Å². The third kappa shape index (κ3) is 6.61. The molecule has 0 N–H and O–H groups in total. The summed E-state index contributed by atoms with van der Waals surface area (Å²) in [4.78, 5) is 10.2. The summed E-state index contributed by atoms with van der Waals surface area (Å²) in [6, 6.07) is 83.1. The number of benzene rings is 9. The molecule has 9 aromatic carbocycles. The zero-order valence-electron chi connectivity index (χ0n) is 39.7. The minimum absolute atomic E-state index is 0.110. The Morgan fingerprint density at radius 2 is 1.14 bits per heavy atom. The SMILES string of the molecule is CC(C)(C)c1cc(-c2ccccc2)c(-n2[c](=[Pt])n(-c3[c-]c(Oc4ccc5c(n4)N4B6c7c(cccc7-5)-c5ccccc5N6c5ccc[c-]c54)ccc3)c3ccccc32)c(-c2cccc(-c3ccccc3)c2)c1. The number of fused-ring (bicyclic) bond motifs is 10. The van der Waals surface area contributed by atoms with Crippen LogP contribution in [0.4, 0.5) is 22.9 Å². The van der Waals surface area contributed by atoms with Gasteiger partial charge in [-0.2, -0.15) is 12.1 Å². The van der Waals surface area contributed by atoms with Crippen molar-refractivity contribution >= 4 is 46.4 Å². The molecule has 0 saturated carbocycles. The summed E-state index contributed by atoms with van der Waals surface area (Å²) < 4.78 is 12.5. The molecular formula is C64H44BN5OPt-2. The monoisotopic (exact) mass is 1100 g/mol. The Labute approximate surface area is 430 Å². The van der Waals surface area contributed by atoms with Crippen LogP contribution in [0.2, 0.25) is 0 Å². The Kier molecular flexibility index (Phi) is 9.71. The van der Waals surface area contributed by atoms with Gasteiger partial charge in [-0.05, 0) is 11.6 Å². The number of anilines is 4. The van der Waals surface area contributed by atoms with Crippen LogP contribution in [0.15, 0.2) is 212 Å². The number of nitrogens with zero attached hydrogens (tertiary/aromatic N) is 5. The Morgan fingerprint density at radius 3 is 1.93 bits per heavy atom. The molecule has 3 aliphatic heterocycles. The van der Waals surface area contributed by atoms with Crippen molar-refractivity contribution in [3.05, 3.63) is 234 Å². The van der Waals surface area contributed by atoms with E-state index in [9.17, 15) is 0 Å². The summed E-state index contributed by atoms with van der Waals surface area (Å²) in [6.07, 6.45) is 0. The predicted molar refractivity (Wildman–Crippen MR) is 290 cm³/mol. The number of hydrogen-bond donors (Lipinski definition) is 0. The summed E-state index contributed by atoms with van der Waals surface area (Å²) in [6.45, 7) is 6.79. The number of imidazole rings is 1. The zero-order valence-corrected chi connectivity index (χ0v) is 42.0. The fourth-order valence-electron chi connectivity index (χ4n) is 11.2. The van der Waals surface area contributed by atoms with E-state index in [1.54, 1.807) is 0 Å². The first-order chi connectivity index (χ1) is 35.3. The van der Waals surface area contributed by atoms with Crippen molar-refractivity contribution in [2.75, 3.05) is 9.62 Å². The van der Waals surface area contributed by atoms with Gasteiger partial charge in [0.05, 0.1) is 0 Å². The van der Waals surface area contributed by atoms with Gasteiger partial charge in [0.1, 0.15) is 0 Å². The van der Waals surface area contributed by atoms with E-state index in [0.29, 0.717) is 11.6 Å². The van der Waals surface area contributed by atoms with Gasteiger partial charge in [0.25, 0.3) is 0 Å². The van der Waals surface area contributed by atoms with Gasteiger partial charge in [0.15, 0.2) is 0 Å². The van der Waals surface area contributed by atoms with E-state index in [4.69, 9.17) is 9.72 Å². The van der Waals surface area contributed by atoms with Crippen LogP contribution in [-0.2, 0) is 24.8 Å². The summed E-state index contributed by atoms with van der Waals surface area (Å²) in [5.41, 5.74) is 21.5. The van der Waals surface area contributed by atoms with Crippen molar-refractivity contribution in [3.8, 4) is 78.6 Å². The van der Waals surface area contributed by atoms with Crippen LogP contribution in [-0.4, -0.2) is 21.1 Å². The van der Waals surface area contributed by atoms with E-state index >= 15 is 0 Å². The minimum atomic E-state index is -0.115. The summed E-state index contributed by atoms with van der Waals surface area (Å²) in [7, 11) is 0. The number of ether oxygens (including phenoxy) is 1. The van der Waals surface area contributed by atoms with Crippen LogP contribution in [0.25, 0.3) is 78.0 Å². The Morgan fingerprint density at radius 1 is 0.514 bits per heavy atom. The van der Waals surface area contributed by atoms with Gasteiger partial charge >= 0.3 is 361 Å². The molecule has 8 heteroatoms. The summed E-state index contributed by atoms with van der Waals surface area (Å²) in [5.74, 6) is 1.90. The van der Waals surface area contributed by atoms with Crippen LogP contribution in [0.1, 0.15) is 26.3 Å². The molecule has 6 nitrogen and oxygen atoms in total. The fraction of sp³-hybridized carbons (Fsp3) is 0.0625. The van der Waals surface area contributed by atoms with Crippen LogP contribution >= 0.6 is 0 Å². The molecule has 5 heterocycles. The van der Waals surface area contributed by atoms with Crippen molar-refractivity contribution in [1.82, 2.24) is 14.1 Å². The Hall–Kier alpha value is -8.25. The van der Waals surface area contributed by atoms with Crippen LogP contribution in [0.5, 0.6) is 11.6 Å². The molecule has 0 bridgehead atoms. The van der Waals surface area contributed by atoms with Gasteiger partial charge in [-0.1, -0.05) is 30.3 Å². The van der Waals surface area contributed by atoms with Crippen molar-refractivity contribution in [3.63, 3.8) is 0 Å². The first kappa shape index (κ1) is 42.6. The molecule has 0 fully saturated rings. The maximum absolute atomic E-state index is 6.80. The van der Waals surface area contributed by atoms with Gasteiger partial charge in [-0.3, -0.25) is 0 Å². The normalized spacial score (nSPS) is 12.9. The van der Waals surface area contributed by atoms with Crippen molar-refractivity contribution < 1.29 is 24.1 Å². The average molecular weight is 1100 g/mol. The van der Waals surface area contributed by atoms with Crippen LogP contribution in [0.3, 0.4) is 0 Å². The molecule has 2 aromatic heterocycles. The second-order valence-corrected chi connectivity index (χ2v) is 20.7. The fourth-order valence-corrected chi connectivity index (χ4v) is 12.3. The molecule has 0 atom stereocenters. The number of rotatable bonds is 7. The average Bonchev–Trinajstić information content (AvgIpc) is 3.93. The summed E-state index contributed by atoms with van der Waals surface area (Å²) >= 11 is 2.51.